The normalized spacial score (nSPS) is 24.4. The predicted molar refractivity (Wildman–Crippen MR) is 65.6 cm³/mol. The summed E-state index contributed by atoms with van der Waals surface area (Å²) in [6.07, 6.45) is 6.13. The van der Waals surface area contributed by atoms with Gasteiger partial charge in [-0.1, -0.05) is 18.5 Å². The Balaban J connectivity index is 2.05. The summed E-state index contributed by atoms with van der Waals surface area (Å²) in [7, 11) is 1.54. The molecule has 0 spiro atoms. The number of ether oxygens (including phenoxy) is 2. The van der Waals surface area contributed by atoms with E-state index in [0.717, 1.165) is 18.8 Å². The van der Waals surface area contributed by atoms with E-state index in [1.807, 2.05) is 0 Å². The molecule has 0 amide bonds. The lowest BCUT2D eigenvalue weighted by molar-refractivity contribution is 0.125. The lowest BCUT2D eigenvalue weighted by Crippen LogP contribution is -2.23. The van der Waals surface area contributed by atoms with Crippen LogP contribution in [0, 0.1) is 5.92 Å². The van der Waals surface area contributed by atoms with Gasteiger partial charge >= 0.3 is 0 Å². The maximum absolute atomic E-state index is 5.91. The SMILES string of the molecule is COc1c(Cl)ncnc1OC1CCC(C)CC1. The highest BCUT2D eigenvalue weighted by molar-refractivity contribution is 6.31. The van der Waals surface area contributed by atoms with Gasteiger partial charge in [0.1, 0.15) is 12.4 Å². The van der Waals surface area contributed by atoms with Gasteiger partial charge in [0, 0.05) is 0 Å². The first kappa shape index (κ1) is 12.4. The number of methoxy groups -OCH3 is 1. The summed E-state index contributed by atoms with van der Waals surface area (Å²) in [6.45, 7) is 2.28. The molecule has 1 aliphatic carbocycles. The lowest BCUT2D eigenvalue weighted by Gasteiger charge is -2.26. The van der Waals surface area contributed by atoms with Crippen molar-refractivity contribution in [2.24, 2.45) is 5.92 Å². The molecule has 0 aromatic carbocycles. The Morgan fingerprint density at radius 3 is 2.59 bits per heavy atom. The van der Waals surface area contributed by atoms with Gasteiger partial charge in [0.05, 0.1) is 7.11 Å². The molecule has 0 N–H and O–H groups in total. The van der Waals surface area contributed by atoms with Crippen molar-refractivity contribution in [3.63, 3.8) is 0 Å². The van der Waals surface area contributed by atoms with Crippen LogP contribution in [0.1, 0.15) is 32.6 Å². The number of nitrogens with zero attached hydrogens (tertiary/aromatic N) is 2. The van der Waals surface area contributed by atoms with Gasteiger partial charge in [-0.3, -0.25) is 0 Å². The van der Waals surface area contributed by atoms with Crippen LogP contribution >= 0.6 is 11.6 Å². The van der Waals surface area contributed by atoms with Gasteiger partial charge in [-0.25, -0.2) is 4.98 Å². The van der Waals surface area contributed by atoms with Crippen LogP contribution in [0.3, 0.4) is 0 Å². The van der Waals surface area contributed by atoms with Gasteiger partial charge in [-0.15, -0.1) is 0 Å². The fraction of sp³-hybridized carbons (Fsp3) is 0.667. The summed E-state index contributed by atoms with van der Waals surface area (Å²) in [5.41, 5.74) is 0. The molecular weight excluding hydrogens is 240 g/mol. The molecule has 1 aromatic heterocycles. The first-order chi connectivity index (χ1) is 8.20. The average Bonchev–Trinajstić information content (AvgIpc) is 2.32. The summed E-state index contributed by atoms with van der Waals surface area (Å²) in [6, 6.07) is 0. The number of rotatable bonds is 3. The van der Waals surface area contributed by atoms with Crippen molar-refractivity contribution >= 4 is 11.6 Å². The minimum Gasteiger partial charge on any atom is -0.489 e. The zero-order valence-electron chi connectivity index (χ0n) is 10.1. The Hall–Kier alpha value is -1.03. The zero-order valence-corrected chi connectivity index (χ0v) is 10.9. The standard InChI is InChI=1S/C12H17ClN2O2/c1-8-3-5-9(6-4-8)17-12-10(16-2)11(13)14-7-15-12/h7-9H,3-6H2,1-2H3. The average molecular weight is 257 g/mol. The molecule has 1 saturated carbocycles. The second-order valence-electron chi connectivity index (χ2n) is 4.50. The van der Waals surface area contributed by atoms with Gasteiger partial charge in [0.25, 0.3) is 5.88 Å². The molecule has 4 nitrogen and oxygen atoms in total. The molecule has 0 saturated heterocycles. The summed E-state index contributed by atoms with van der Waals surface area (Å²) < 4.78 is 11.0. The molecule has 1 heterocycles. The van der Waals surface area contributed by atoms with Crippen LogP contribution in [-0.2, 0) is 0 Å². The molecule has 94 valence electrons. The van der Waals surface area contributed by atoms with Gasteiger partial charge in [0.2, 0.25) is 5.75 Å². The Morgan fingerprint density at radius 2 is 1.94 bits per heavy atom. The topological polar surface area (TPSA) is 44.2 Å². The van der Waals surface area contributed by atoms with Crippen LogP contribution in [0.5, 0.6) is 11.6 Å². The van der Waals surface area contributed by atoms with Gasteiger partial charge in [0.15, 0.2) is 5.15 Å². The molecule has 0 bridgehead atoms. The molecule has 1 aliphatic rings. The summed E-state index contributed by atoms with van der Waals surface area (Å²) in [5, 5.41) is 0.293. The fourth-order valence-electron chi connectivity index (χ4n) is 2.10. The van der Waals surface area contributed by atoms with Crippen LogP contribution in [0.25, 0.3) is 0 Å². The first-order valence-corrected chi connectivity index (χ1v) is 6.29. The quantitative estimate of drug-likeness (QED) is 0.780. The zero-order chi connectivity index (χ0) is 12.3. The number of halogens is 1. The molecular formula is C12H17ClN2O2. The minimum absolute atomic E-state index is 0.214. The maximum Gasteiger partial charge on any atom is 0.262 e. The molecule has 0 unspecified atom stereocenters. The molecule has 0 radical (unpaired) electrons. The summed E-state index contributed by atoms with van der Waals surface area (Å²) in [5.74, 6) is 1.67. The van der Waals surface area contributed by atoms with E-state index in [4.69, 9.17) is 21.1 Å². The van der Waals surface area contributed by atoms with Crippen molar-refractivity contribution < 1.29 is 9.47 Å². The van der Waals surface area contributed by atoms with Gasteiger partial charge in [-0.2, -0.15) is 4.98 Å². The highest BCUT2D eigenvalue weighted by Gasteiger charge is 2.22. The van der Waals surface area contributed by atoms with Crippen molar-refractivity contribution in [3.05, 3.63) is 11.5 Å². The Bertz CT molecular complexity index is 379. The van der Waals surface area contributed by atoms with E-state index in [2.05, 4.69) is 16.9 Å². The monoisotopic (exact) mass is 256 g/mol. The Kier molecular flexibility index (Phi) is 4.05. The Labute approximate surface area is 106 Å². The third-order valence-electron chi connectivity index (χ3n) is 3.17. The second-order valence-corrected chi connectivity index (χ2v) is 4.86. The number of hydrogen-bond donors (Lipinski definition) is 0. The third kappa shape index (κ3) is 3.00. The largest absolute Gasteiger partial charge is 0.489 e. The molecule has 5 heteroatoms. The van der Waals surface area contributed by atoms with Crippen LogP contribution in [0.15, 0.2) is 6.33 Å². The lowest BCUT2D eigenvalue weighted by atomic mass is 9.89. The number of hydrogen-bond acceptors (Lipinski definition) is 4. The summed E-state index contributed by atoms with van der Waals surface area (Å²) >= 11 is 5.91. The first-order valence-electron chi connectivity index (χ1n) is 5.92. The van der Waals surface area contributed by atoms with E-state index >= 15 is 0 Å². The molecule has 0 aliphatic heterocycles. The van der Waals surface area contributed by atoms with E-state index < -0.39 is 0 Å². The van der Waals surface area contributed by atoms with E-state index in [-0.39, 0.29) is 6.10 Å². The maximum atomic E-state index is 5.91. The van der Waals surface area contributed by atoms with Crippen molar-refractivity contribution in [3.8, 4) is 11.6 Å². The van der Waals surface area contributed by atoms with Crippen molar-refractivity contribution in [2.75, 3.05) is 7.11 Å². The summed E-state index contributed by atoms with van der Waals surface area (Å²) in [4.78, 5) is 7.95. The van der Waals surface area contributed by atoms with Crippen LogP contribution in [0.4, 0.5) is 0 Å². The second kappa shape index (κ2) is 5.54. The highest BCUT2D eigenvalue weighted by Crippen LogP contribution is 2.33. The molecule has 2 rings (SSSR count). The molecule has 1 aromatic rings. The van der Waals surface area contributed by atoms with Crippen LogP contribution in [-0.4, -0.2) is 23.2 Å². The number of aromatic nitrogens is 2. The highest BCUT2D eigenvalue weighted by atomic mass is 35.5. The van der Waals surface area contributed by atoms with E-state index in [1.54, 1.807) is 7.11 Å². The Morgan fingerprint density at radius 1 is 1.24 bits per heavy atom. The van der Waals surface area contributed by atoms with Crippen molar-refractivity contribution in [2.45, 2.75) is 38.7 Å². The molecule has 0 atom stereocenters. The van der Waals surface area contributed by atoms with Crippen LogP contribution in [0.2, 0.25) is 5.15 Å². The molecule has 1 fully saturated rings. The fourth-order valence-corrected chi connectivity index (χ4v) is 2.30. The van der Waals surface area contributed by atoms with Crippen LogP contribution < -0.4 is 9.47 Å². The van der Waals surface area contributed by atoms with E-state index in [1.165, 1.54) is 19.2 Å². The smallest absolute Gasteiger partial charge is 0.262 e. The predicted octanol–water partition coefficient (Wildman–Crippen LogP) is 3.10. The van der Waals surface area contributed by atoms with E-state index in [9.17, 15) is 0 Å². The van der Waals surface area contributed by atoms with Crippen molar-refractivity contribution in [1.82, 2.24) is 9.97 Å². The molecule has 17 heavy (non-hydrogen) atoms. The van der Waals surface area contributed by atoms with Gasteiger partial charge < -0.3 is 9.47 Å². The van der Waals surface area contributed by atoms with Crippen molar-refractivity contribution in [1.29, 1.82) is 0 Å². The van der Waals surface area contributed by atoms with E-state index in [0.29, 0.717) is 16.8 Å². The minimum atomic E-state index is 0.214. The third-order valence-corrected chi connectivity index (χ3v) is 3.44. The van der Waals surface area contributed by atoms with Gasteiger partial charge in [-0.05, 0) is 31.6 Å².